The van der Waals surface area contributed by atoms with Crippen LogP contribution in [0.15, 0.2) is 133 Å². The van der Waals surface area contributed by atoms with Gasteiger partial charge in [0.15, 0.2) is 0 Å². The van der Waals surface area contributed by atoms with E-state index in [0.717, 1.165) is 30.3 Å². The summed E-state index contributed by atoms with van der Waals surface area (Å²) in [4.78, 5) is 0. The predicted octanol–water partition coefficient (Wildman–Crippen LogP) is 11.0. The molecule has 7 rings (SSSR count). The molecule has 6 aromatic rings. The Bertz CT molecular complexity index is 1710. The van der Waals surface area contributed by atoms with Crippen molar-refractivity contribution < 1.29 is 23.9 Å². The molecule has 1 aliphatic carbocycles. The van der Waals surface area contributed by atoms with E-state index in [0.29, 0.717) is 0 Å². The van der Waals surface area contributed by atoms with Gasteiger partial charge < -0.3 is 0 Å². The van der Waals surface area contributed by atoms with Gasteiger partial charge in [0.2, 0.25) is 0 Å². The maximum absolute atomic E-state index is 3.67. The molecule has 0 saturated carbocycles. The second kappa shape index (κ2) is 13.6. The van der Waals surface area contributed by atoms with E-state index in [1.165, 1.54) is 58.5 Å². The van der Waals surface area contributed by atoms with Crippen LogP contribution in [0.1, 0.15) is 74.9 Å². The van der Waals surface area contributed by atoms with E-state index in [2.05, 4.69) is 181 Å². The van der Waals surface area contributed by atoms with Crippen molar-refractivity contribution in [2.45, 2.75) is 58.8 Å². The van der Waals surface area contributed by atoms with Crippen molar-refractivity contribution in [3.05, 3.63) is 173 Å². The minimum atomic E-state index is 0.167. The molecule has 218 valence electrons. The second-order valence-corrected chi connectivity index (χ2v) is 15.4. The normalized spacial score (nSPS) is 11.9. The SMILES string of the molecule is CC(C)(C)c1[c-]c2c(cc1)-c1ccc(C(C)(C)C)cc1C2.[Hf+2]=[C](c1ccccc1)c1ccccc1.c1ccc2[cH-]ccc2c1. The van der Waals surface area contributed by atoms with Crippen LogP contribution in [-0.2, 0) is 41.1 Å². The first kappa shape index (κ1) is 31.9. The molecule has 0 atom stereocenters. The fraction of sp³-hybridized carbons (Fsp3) is 0.209. The molecule has 44 heavy (non-hydrogen) atoms. The van der Waals surface area contributed by atoms with E-state index in [1.807, 2.05) is 0 Å². The van der Waals surface area contributed by atoms with Crippen molar-refractivity contribution in [2.75, 3.05) is 0 Å². The van der Waals surface area contributed by atoms with Crippen molar-refractivity contribution in [1.82, 2.24) is 0 Å². The third kappa shape index (κ3) is 7.74. The zero-order valence-electron chi connectivity index (χ0n) is 26.9. The summed E-state index contributed by atoms with van der Waals surface area (Å²) in [6.45, 7) is 13.6. The zero-order valence-corrected chi connectivity index (χ0v) is 30.5. The van der Waals surface area contributed by atoms with Crippen LogP contribution in [0.25, 0.3) is 21.9 Å². The molecule has 0 radical (unpaired) electrons. The number of rotatable bonds is 2. The van der Waals surface area contributed by atoms with Gasteiger partial charge in [-0.3, -0.25) is 0 Å². The molecule has 0 spiro atoms. The minimum Gasteiger partial charge on any atom is -0.168 e. The molecule has 0 N–H and O–H groups in total. The molecule has 1 aliphatic rings. The van der Waals surface area contributed by atoms with E-state index in [1.54, 1.807) is 0 Å². The molecule has 0 nitrogen and oxygen atoms in total. The van der Waals surface area contributed by atoms with Crippen LogP contribution in [0, 0.1) is 6.07 Å². The van der Waals surface area contributed by atoms with Gasteiger partial charge in [-0.1, -0.05) is 71.4 Å². The van der Waals surface area contributed by atoms with E-state index in [9.17, 15) is 0 Å². The predicted molar refractivity (Wildman–Crippen MR) is 187 cm³/mol. The molecule has 0 amide bonds. The Balaban J connectivity index is 0.000000143. The molecule has 0 bridgehead atoms. The Morgan fingerprint density at radius 2 is 1.23 bits per heavy atom. The molecule has 0 unspecified atom stereocenters. The summed E-state index contributed by atoms with van der Waals surface area (Å²) in [5.41, 5.74) is 11.4. The Morgan fingerprint density at radius 1 is 0.636 bits per heavy atom. The van der Waals surface area contributed by atoms with Crippen LogP contribution in [0.2, 0.25) is 0 Å². The Hall–Kier alpha value is -3.55. The largest absolute Gasteiger partial charge is 0.168 e. The van der Waals surface area contributed by atoms with E-state index >= 15 is 0 Å². The summed E-state index contributed by atoms with van der Waals surface area (Å²) in [5.74, 6) is 0. The van der Waals surface area contributed by atoms with Crippen molar-refractivity contribution in [3.63, 3.8) is 0 Å². The van der Waals surface area contributed by atoms with Crippen LogP contribution in [-0.4, -0.2) is 3.26 Å². The minimum absolute atomic E-state index is 0.167. The van der Waals surface area contributed by atoms with Gasteiger partial charge in [-0.05, 0) is 28.4 Å². The molecular weight excluding hydrogens is 695 g/mol. The fourth-order valence-electron chi connectivity index (χ4n) is 5.47. The Morgan fingerprint density at radius 3 is 1.82 bits per heavy atom. The van der Waals surface area contributed by atoms with Gasteiger partial charge in [0.1, 0.15) is 0 Å². The monoisotopic (exact) mass is 738 g/mol. The Kier molecular flexibility index (Phi) is 9.86. The molecule has 1 heteroatoms. The number of hydrogen-bond acceptors (Lipinski definition) is 0. The summed E-state index contributed by atoms with van der Waals surface area (Å²) >= 11 is 1.08. The average Bonchev–Trinajstić information content (AvgIpc) is 3.65. The topological polar surface area (TPSA) is 0 Å². The van der Waals surface area contributed by atoms with Gasteiger partial charge in [0.25, 0.3) is 0 Å². The van der Waals surface area contributed by atoms with Gasteiger partial charge in [0, 0.05) is 0 Å². The second-order valence-electron chi connectivity index (χ2n) is 13.6. The van der Waals surface area contributed by atoms with Crippen molar-refractivity contribution >= 4 is 14.0 Å². The van der Waals surface area contributed by atoms with E-state index in [4.69, 9.17) is 0 Å². The third-order valence-corrected chi connectivity index (χ3v) is 10.2. The molecule has 6 aromatic carbocycles. The van der Waals surface area contributed by atoms with Crippen LogP contribution < -0.4 is 0 Å². The van der Waals surface area contributed by atoms with Gasteiger partial charge in [-0.2, -0.15) is 41.3 Å². The number of benzene rings is 5. The van der Waals surface area contributed by atoms with Crippen molar-refractivity contribution in [1.29, 1.82) is 0 Å². The first-order chi connectivity index (χ1) is 21.0. The smallest absolute Gasteiger partial charge is 0.0809 e. The quantitative estimate of drug-likeness (QED) is 0.122. The van der Waals surface area contributed by atoms with Crippen molar-refractivity contribution in [2.24, 2.45) is 0 Å². The maximum Gasteiger partial charge on any atom is -0.0809 e. The van der Waals surface area contributed by atoms with E-state index < -0.39 is 0 Å². The van der Waals surface area contributed by atoms with Crippen LogP contribution in [0.4, 0.5) is 0 Å². The first-order valence-corrected chi connectivity index (χ1v) is 17.3. The standard InChI is InChI=1S/C21H25.C13H10.C9H7.Hf/c1-20(2,3)16-7-9-18-14(12-16)11-15-13-17(21(4,5)6)8-10-19(15)18;1-3-7-12(8-4-1)11-13-9-5-2-6-10-13;1-2-5-9-7-3-6-8(9)4-1;/h7-10,12H,11H2,1-6H3;1-10H;1-7H;/q-1;;-1;+2. The van der Waals surface area contributed by atoms with Crippen LogP contribution in [0.3, 0.4) is 0 Å². The summed E-state index contributed by atoms with van der Waals surface area (Å²) in [7, 11) is 0. The molecule has 0 saturated heterocycles. The average molecular weight is 737 g/mol. The molecule has 0 fully saturated rings. The summed E-state index contributed by atoms with van der Waals surface area (Å²) in [6.07, 6.45) is 1.03. The van der Waals surface area contributed by atoms with Gasteiger partial charge >= 0.3 is 98.9 Å². The first-order valence-electron chi connectivity index (χ1n) is 15.5. The van der Waals surface area contributed by atoms with Gasteiger partial charge in [0.05, 0.1) is 0 Å². The van der Waals surface area contributed by atoms with Crippen LogP contribution in [0.5, 0.6) is 0 Å². The Labute approximate surface area is 279 Å². The zero-order chi connectivity index (χ0) is 31.3. The summed E-state index contributed by atoms with van der Waals surface area (Å²) < 4.78 is 1.46. The summed E-state index contributed by atoms with van der Waals surface area (Å²) in [5, 5.41) is 2.66. The van der Waals surface area contributed by atoms with Crippen LogP contribution >= 0.6 is 0 Å². The summed E-state index contributed by atoms with van der Waals surface area (Å²) in [6, 6.07) is 51.0. The number of fused-ring (bicyclic) bond motifs is 4. The maximum atomic E-state index is 3.67. The van der Waals surface area contributed by atoms with Gasteiger partial charge in [-0.25, -0.2) is 0 Å². The molecule has 0 aliphatic heterocycles. The molecule has 0 aromatic heterocycles. The number of hydrogen-bond donors (Lipinski definition) is 0. The molecular formula is C43H42Hf. The van der Waals surface area contributed by atoms with E-state index in [-0.39, 0.29) is 10.8 Å². The van der Waals surface area contributed by atoms with Gasteiger partial charge in [-0.15, -0.1) is 40.8 Å². The third-order valence-electron chi connectivity index (χ3n) is 8.14. The van der Waals surface area contributed by atoms with Crippen molar-refractivity contribution in [3.8, 4) is 11.1 Å². The fourth-order valence-corrected chi connectivity index (χ4v) is 6.67. The molecule has 0 heterocycles.